The lowest BCUT2D eigenvalue weighted by molar-refractivity contribution is 0.297. The van der Waals surface area contributed by atoms with E-state index in [4.69, 9.17) is 0 Å². The maximum atomic E-state index is 4.65. The molecule has 7 heteroatoms. The molecule has 0 saturated carbocycles. The van der Waals surface area contributed by atoms with Crippen molar-refractivity contribution in [1.82, 2.24) is 20.5 Å². The number of hydrogen-bond acceptors (Lipinski definition) is 4. The molecule has 0 aliphatic carbocycles. The topological polar surface area (TPSA) is 52.5 Å². The lowest BCUT2D eigenvalue weighted by atomic mass is 10.3. The molecule has 0 amide bonds. The Kier molecular flexibility index (Phi) is 13.7. The first-order valence-corrected chi connectivity index (χ1v) is 9.23. The molecule has 134 valence electrons. The van der Waals surface area contributed by atoms with Crippen LogP contribution in [0.3, 0.4) is 0 Å². The van der Waals surface area contributed by atoms with E-state index >= 15 is 0 Å². The minimum Gasteiger partial charge on any atom is -0.357 e. The number of halogens is 1. The van der Waals surface area contributed by atoms with Gasteiger partial charge in [0.15, 0.2) is 5.96 Å². The molecule has 0 spiro atoms. The predicted molar refractivity (Wildman–Crippen MR) is 112 cm³/mol. The van der Waals surface area contributed by atoms with Gasteiger partial charge in [-0.25, -0.2) is 4.98 Å². The normalized spacial score (nSPS) is 11.4. The second-order valence-electron chi connectivity index (χ2n) is 5.23. The number of nitrogens with zero attached hydrogens (tertiary/aromatic N) is 3. The number of aliphatic imine (C=N–C) groups is 1. The van der Waals surface area contributed by atoms with Gasteiger partial charge in [-0.3, -0.25) is 4.99 Å². The number of nitrogens with one attached hydrogen (secondary N) is 2. The molecule has 1 rings (SSSR count). The zero-order valence-corrected chi connectivity index (χ0v) is 18.0. The van der Waals surface area contributed by atoms with E-state index in [9.17, 15) is 0 Å². The number of rotatable bonds is 10. The second kappa shape index (κ2) is 14.0. The number of aromatic nitrogens is 1. The summed E-state index contributed by atoms with van der Waals surface area (Å²) in [5.41, 5.74) is 1.16. The Labute approximate surface area is 162 Å². The van der Waals surface area contributed by atoms with Crippen LogP contribution in [0.4, 0.5) is 0 Å². The second-order valence-corrected chi connectivity index (χ2v) is 6.29. The van der Waals surface area contributed by atoms with Crippen molar-refractivity contribution >= 4 is 41.3 Å². The SMILES string of the molecule is CCCN(CC)CCN=C(NCC)NCCc1csc(C)n1.I. The lowest BCUT2D eigenvalue weighted by Gasteiger charge is -2.18. The molecular formula is C16H32IN5S. The number of thiazole rings is 1. The van der Waals surface area contributed by atoms with Crippen LogP contribution in [0.25, 0.3) is 0 Å². The summed E-state index contributed by atoms with van der Waals surface area (Å²) in [6.07, 6.45) is 2.13. The molecule has 0 aliphatic heterocycles. The number of likely N-dealkylation sites (N-methyl/N-ethyl adjacent to an activating group) is 1. The maximum Gasteiger partial charge on any atom is 0.191 e. The van der Waals surface area contributed by atoms with Crippen LogP contribution < -0.4 is 10.6 Å². The van der Waals surface area contributed by atoms with Crippen LogP contribution in [-0.4, -0.2) is 55.1 Å². The first-order chi connectivity index (χ1) is 10.7. The number of aryl methyl sites for hydroxylation is 1. The largest absolute Gasteiger partial charge is 0.357 e. The van der Waals surface area contributed by atoms with Crippen molar-refractivity contribution in [2.75, 3.05) is 39.3 Å². The van der Waals surface area contributed by atoms with E-state index in [0.29, 0.717) is 0 Å². The van der Waals surface area contributed by atoms with E-state index in [1.54, 1.807) is 11.3 Å². The third-order valence-electron chi connectivity index (χ3n) is 3.36. The van der Waals surface area contributed by atoms with E-state index in [1.807, 2.05) is 6.92 Å². The van der Waals surface area contributed by atoms with Crippen molar-refractivity contribution in [1.29, 1.82) is 0 Å². The Morgan fingerprint density at radius 1 is 1.26 bits per heavy atom. The van der Waals surface area contributed by atoms with Crippen LogP contribution in [0.2, 0.25) is 0 Å². The Balaban J connectivity index is 0.00000484. The van der Waals surface area contributed by atoms with Crippen LogP contribution in [0.5, 0.6) is 0 Å². The van der Waals surface area contributed by atoms with E-state index < -0.39 is 0 Å². The Hall–Kier alpha value is -0.410. The van der Waals surface area contributed by atoms with Gasteiger partial charge in [-0.05, 0) is 33.4 Å². The third-order valence-corrected chi connectivity index (χ3v) is 4.18. The van der Waals surface area contributed by atoms with Gasteiger partial charge in [0.25, 0.3) is 0 Å². The van der Waals surface area contributed by atoms with Crippen LogP contribution >= 0.6 is 35.3 Å². The van der Waals surface area contributed by atoms with E-state index in [1.165, 1.54) is 6.42 Å². The zero-order chi connectivity index (χ0) is 16.2. The fourth-order valence-electron chi connectivity index (χ4n) is 2.22. The van der Waals surface area contributed by atoms with Crippen LogP contribution in [-0.2, 0) is 6.42 Å². The summed E-state index contributed by atoms with van der Waals surface area (Å²) < 4.78 is 0. The monoisotopic (exact) mass is 453 g/mol. The standard InChI is InChI=1S/C16H31N5S.HI/c1-5-11-21(7-3)12-10-19-16(17-6-2)18-9-8-15-13-22-14(4)20-15;/h13H,5-12H2,1-4H3,(H2,17,18,19);1H. The van der Waals surface area contributed by atoms with Crippen molar-refractivity contribution in [2.45, 2.75) is 40.5 Å². The average Bonchev–Trinajstić information content (AvgIpc) is 2.91. The molecule has 0 radical (unpaired) electrons. The molecule has 0 bridgehead atoms. The van der Waals surface area contributed by atoms with E-state index in [0.717, 1.165) is 62.4 Å². The van der Waals surface area contributed by atoms with Crippen LogP contribution in [0.1, 0.15) is 37.9 Å². The van der Waals surface area contributed by atoms with Crippen molar-refractivity contribution in [3.8, 4) is 0 Å². The summed E-state index contributed by atoms with van der Waals surface area (Å²) >= 11 is 1.71. The Morgan fingerprint density at radius 2 is 2.04 bits per heavy atom. The summed E-state index contributed by atoms with van der Waals surface area (Å²) in [7, 11) is 0. The summed E-state index contributed by atoms with van der Waals surface area (Å²) in [6.45, 7) is 14.4. The van der Waals surface area contributed by atoms with Gasteiger partial charge in [0.05, 0.1) is 17.2 Å². The summed E-state index contributed by atoms with van der Waals surface area (Å²) in [5, 5.41) is 9.95. The fraction of sp³-hybridized carbons (Fsp3) is 0.750. The van der Waals surface area contributed by atoms with Gasteiger partial charge in [-0.2, -0.15) is 0 Å². The highest BCUT2D eigenvalue weighted by molar-refractivity contribution is 14.0. The molecule has 0 aromatic carbocycles. The molecule has 1 aromatic heterocycles. The number of hydrogen-bond donors (Lipinski definition) is 2. The molecular weight excluding hydrogens is 421 g/mol. The molecule has 5 nitrogen and oxygen atoms in total. The predicted octanol–water partition coefficient (Wildman–Crippen LogP) is 2.90. The highest BCUT2D eigenvalue weighted by atomic mass is 127. The molecule has 1 heterocycles. The minimum absolute atomic E-state index is 0. The van der Waals surface area contributed by atoms with E-state index in [2.05, 4.69) is 51.7 Å². The molecule has 0 atom stereocenters. The van der Waals surface area contributed by atoms with Gasteiger partial charge in [0.1, 0.15) is 0 Å². The fourth-order valence-corrected chi connectivity index (χ4v) is 2.87. The molecule has 1 aromatic rings. The van der Waals surface area contributed by atoms with Crippen molar-refractivity contribution < 1.29 is 0 Å². The van der Waals surface area contributed by atoms with Gasteiger partial charge in [0.2, 0.25) is 0 Å². The molecule has 0 saturated heterocycles. The van der Waals surface area contributed by atoms with Gasteiger partial charge in [-0.1, -0.05) is 13.8 Å². The summed E-state index contributed by atoms with van der Waals surface area (Å²) in [6, 6.07) is 0. The van der Waals surface area contributed by atoms with Gasteiger partial charge in [0, 0.05) is 31.4 Å². The molecule has 2 N–H and O–H groups in total. The smallest absolute Gasteiger partial charge is 0.191 e. The van der Waals surface area contributed by atoms with Crippen molar-refractivity contribution in [3.05, 3.63) is 16.1 Å². The molecule has 23 heavy (non-hydrogen) atoms. The average molecular weight is 453 g/mol. The minimum atomic E-state index is 0. The van der Waals surface area contributed by atoms with Gasteiger partial charge >= 0.3 is 0 Å². The number of guanidine groups is 1. The van der Waals surface area contributed by atoms with Crippen molar-refractivity contribution in [3.63, 3.8) is 0 Å². The quantitative estimate of drug-likeness (QED) is 0.325. The summed E-state index contributed by atoms with van der Waals surface area (Å²) in [4.78, 5) is 11.6. The van der Waals surface area contributed by atoms with Crippen molar-refractivity contribution in [2.24, 2.45) is 4.99 Å². The Morgan fingerprint density at radius 3 is 2.61 bits per heavy atom. The highest BCUT2D eigenvalue weighted by Gasteiger charge is 2.02. The molecule has 0 fully saturated rings. The van der Waals surface area contributed by atoms with E-state index in [-0.39, 0.29) is 24.0 Å². The lowest BCUT2D eigenvalue weighted by Crippen LogP contribution is -2.39. The summed E-state index contributed by atoms with van der Waals surface area (Å²) in [5.74, 6) is 0.905. The third kappa shape index (κ3) is 10.1. The molecule has 0 unspecified atom stereocenters. The zero-order valence-electron chi connectivity index (χ0n) is 14.9. The Bertz CT molecular complexity index is 436. The first kappa shape index (κ1) is 22.6. The highest BCUT2D eigenvalue weighted by Crippen LogP contribution is 2.07. The van der Waals surface area contributed by atoms with Crippen LogP contribution in [0, 0.1) is 6.92 Å². The van der Waals surface area contributed by atoms with Crippen LogP contribution in [0.15, 0.2) is 10.4 Å². The first-order valence-electron chi connectivity index (χ1n) is 8.35. The van der Waals surface area contributed by atoms with Gasteiger partial charge in [-0.15, -0.1) is 35.3 Å². The molecule has 0 aliphatic rings. The van der Waals surface area contributed by atoms with Gasteiger partial charge < -0.3 is 15.5 Å². The maximum absolute atomic E-state index is 4.65.